The Balaban J connectivity index is 1.98. The fourth-order valence-corrected chi connectivity index (χ4v) is 0.832. The van der Waals surface area contributed by atoms with Crippen molar-refractivity contribution in [2.45, 2.75) is 19.1 Å². The van der Waals surface area contributed by atoms with E-state index in [0.717, 1.165) is 12.8 Å². The lowest BCUT2D eigenvalue weighted by molar-refractivity contribution is -0.0497. The Labute approximate surface area is 54.6 Å². The average molecular weight is 133 g/mol. The van der Waals surface area contributed by atoms with Crippen molar-refractivity contribution in [2.75, 3.05) is 19.8 Å². The Morgan fingerprint density at radius 1 is 1.33 bits per heavy atom. The van der Waals surface area contributed by atoms with Gasteiger partial charge < -0.3 is 14.6 Å². The van der Waals surface area contributed by atoms with Gasteiger partial charge in [-0.15, -0.1) is 0 Å². The molecule has 0 unspecified atom stereocenters. The zero-order valence-corrected chi connectivity index (χ0v) is 5.38. The Morgan fingerprint density at radius 3 is 2.56 bits per heavy atom. The largest absolute Gasteiger partial charge is 0.396 e. The molecule has 1 heterocycles. The van der Waals surface area contributed by atoms with Crippen molar-refractivity contribution in [1.82, 2.24) is 0 Å². The Hall–Kier alpha value is -0.120. The third-order valence-electron chi connectivity index (χ3n) is 1.29. The van der Waals surface area contributed by atoms with E-state index < -0.39 is 0 Å². The van der Waals surface area contributed by atoms with E-state index in [1.54, 1.807) is 0 Å². The quantitative estimate of drug-likeness (QED) is 0.556. The van der Waals surface area contributed by atoms with Crippen LogP contribution in [-0.4, -0.2) is 31.2 Å². The molecule has 0 spiro atoms. The first kappa shape index (κ1) is 6.99. The van der Waals surface area contributed by atoms with Crippen molar-refractivity contribution >= 4 is 0 Å². The van der Waals surface area contributed by atoms with Crippen LogP contribution in [0.2, 0.25) is 0 Å². The number of hydrogen-bond acceptors (Lipinski definition) is 3. The first-order valence-corrected chi connectivity index (χ1v) is 3.27. The lowest BCUT2D eigenvalue weighted by Crippen LogP contribution is -2.07. The molecule has 0 aliphatic carbocycles. The van der Waals surface area contributed by atoms with E-state index >= 15 is 0 Å². The molecule has 1 N–H and O–H groups in total. The smallest absolute Gasteiger partial charge is 0.157 e. The van der Waals surface area contributed by atoms with E-state index in [9.17, 15) is 0 Å². The summed E-state index contributed by atoms with van der Waals surface area (Å²) in [6.45, 7) is 1.63. The lowest BCUT2D eigenvalue weighted by Gasteiger charge is -2.05. The predicted octanol–water partition coefficient (Wildman–Crippen LogP) is 0.132. The van der Waals surface area contributed by atoms with Crippen LogP contribution in [-0.2, 0) is 9.47 Å². The van der Waals surface area contributed by atoms with Crippen LogP contribution in [0.3, 0.4) is 0 Å². The van der Waals surface area contributed by atoms with E-state index in [1.807, 2.05) is 0 Å². The highest BCUT2D eigenvalue weighted by atomic mass is 16.7. The molecule has 0 radical (unpaired) electrons. The van der Waals surface area contributed by atoms with Gasteiger partial charge in [0.1, 0.15) is 0 Å². The summed E-state index contributed by atoms with van der Waals surface area (Å²) in [6, 6.07) is 0. The molecule has 1 rings (SSSR count). The number of rotatable bonds is 3. The van der Waals surface area contributed by atoms with Crippen LogP contribution < -0.4 is 0 Å². The third-order valence-corrected chi connectivity index (χ3v) is 1.29. The van der Waals surface area contributed by atoms with Gasteiger partial charge in [-0.1, -0.05) is 0 Å². The fourth-order valence-electron chi connectivity index (χ4n) is 0.832. The second-order valence-corrected chi connectivity index (χ2v) is 2.04. The van der Waals surface area contributed by atoms with Crippen molar-refractivity contribution in [3.05, 3.63) is 0 Å². The maximum Gasteiger partial charge on any atom is 0.157 e. The van der Waals surface area contributed by atoms with Crippen molar-refractivity contribution in [3.63, 3.8) is 0 Å². The molecule has 3 heteroatoms. The number of ether oxygens (including phenoxy) is 2. The summed E-state index contributed by atoms with van der Waals surface area (Å²) < 4.78 is 10.2. The Morgan fingerprint density at radius 2 is 2.00 bits per heavy atom. The van der Waals surface area contributed by atoms with E-state index in [4.69, 9.17) is 14.6 Å². The average Bonchev–Trinajstić information content (AvgIpc) is 2.34. The molecule has 1 aliphatic heterocycles. The molecule has 0 amide bonds. The molecule has 0 aromatic heterocycles. The standard InChI is InChI=1S/C6H12O3/c7-3-1-2-6-8-4-5-9-6/h6-7H,1-5H2/i3+1. The number of aliphatic hydroxyl groups is 1. The van der Waals surface area contributed by atoms with Crippen LogP contribution in [0.4, 0.5) is 0 Å². The van der Waals surface area contributed by atoms with Gasteiger partial charge in [-0.2, -0.15) is 0 Å². The van der Waals surface area contributed by atoms with Crippen molar-refractivity contribution in [2.24, 2.45) is 0 Å². The zero-order chi connectivity index (χ0) is 6.53. The van der Waals surface area contributed by atoms with Gasteiger partial charge in [0.2, 0.25) is 0 Å². The summed E-state index contributed by atoms with van der Waals surface area (Å²) >= 11 is 0. The molecule has 1 saturated heterocycles. The van der Waals surface area contributed by atoms with Gasteiger partial charge in [-0.05, 0) is 6.42 Å². The first-order valence-electron chi connectivity index (χ1n) is 3.27. The highest BCUT2D eigenvalue weighted by molar-refractivity contribution is 4.51. The third kappa shape index (κ3) is 2.30. The van der Waals surface area contributed by atoms with Crippen LogP contribution in [0, 0.1) is 0 Å². The van der Waals surface area contributed by atoms with Crippen molar-refractivity contribution in [3.8, 4) is 0 Å². The minimum atomic E-state index is -0.0443. The summed E-state index contributed by atoms with van der Waals surface area (Å²) in [4.78, 5) is 0. The van der Waals surface area contributed by atoms with Gasteiger partial charge in [0.05, 0.1) is 13.2 Å². The summed E-state index contributed by atoms with van der Waals surface area (Å²) in [5.41, 5.74) is 0. The summed E-state index contributed by atoms with van der Waals surface area (Å²) in [5.74, 6) is 0. The minimum Gasteiger partial charge on any atom is -0.396 e. The maximum atomic E-state index is 8.42. The van der Waals surface area contributed by atoms with Crippen LogP contribution in [0.15, 0.2) is 0 Å². The summed E-state index contributed by atoms with van der Waals surface area (Å²) in [7, 11) is 0. The van der Waals surface area contributed by atoms with Crippen LogP contribution >= 0.6 is 0 Å². The lowest BCUT2D eigenvalue weighted by atomic mass is 10.4. The van der Waals surface area contributed by atoms with Gasteiger partial charge in [0.25, 0.3) is 0 Å². The number of hydrogen-bond donors (Lipinski definition) is 1. The van der Waals surface area contributed by atoms with Gasteiger partial charge in [-0.3, -0.25) is 0 Å². The molecular weight excluding hydrogens is 121 g/mol. The Kier molecular flexibility index (Phi) is 2.97. The Bertz CT molecular complexity index is 68.7. The van der Waals surface area contributed by atoms with Gasteiger partial charge >= 0.3 is 0 Å². The fraction of sp³-hybridized carbons (Fsp3) is 1.00. The van der Waals surface area contributed by atoms with Crippen LogP contribution in [0.5, 0.6) is 0 Å². The molecule has 1 aliphatic rings. The molecule has 0 bridgehead atoms. The van der Waals surface area contributed by atoms with E-state index in [-0.39, 0.29) is 12.9 Å². The molecule has 0 aromatic rings. The van der Waals surface area contributed by atoms with Crippen LogP contribution in [0.25, 0.3) is 0 Å². The number of aliphatic hydroxyl groups excluding tert-OH is 1. The molecule has 3 nitrogen and oxygen atoms in total. The molecule has 9 heavy (non-hydrogen) atoms. The van der Waals surface area contributed by atoms with Crippen molar-refractivity contribution in [1.29, 1.82) is 0 Å². The highest BCUT2D eigenvalue weighted by Crippen LogP contribution is 2.08. The summed E-state index contributed by atoms with van der Waals surface area (Å²) in [6.07, 6.45) is 1.54. The maximum absolute atomic E-state index is 8.42. The second kappa shape index (κ2) is 3.82. The molecular formula is C6H12O3. The van der Waals surface area contributed by atoms with E-state index in [0.29, 0.717) is 13.2 Å². The topological polar surface area (TPSA) is 38.7 Å². The molecule has 1 fully saturated rings. The normalized spacial score (nSPS) is 21.0. The van der Waals surface area contributed by atoms with E-state index in [1.165, 1.54) is 0 Å². The van der Waals surface area contributed by atoms with Gasteiger partial charge in [0.15, 0.2) is 6.29 Å². The molecule has 0 atom stereocenters. The zero-order valence-electron chi connectivity index (χ0n) is 5.38. The van der Waals surface area contributed by atoms with Gasteiger partial charge in [-0.25, -0.2) is 0 Å². The first-order chi connectivity index (χ1) is 4.43. The monoisotopic (exact) mass is 133 g/mol. The van der Waals surface area contributed by atoms with Crippen molar-refractivity contribution < 1.29 is 14.6 Å². The SMILES string of the molecule is O[13CH2]CCC1OCCO1. The van der Waals surface area contributed by atoms with E-state index in [2.05, 4.69) is 0 Å². The highest BCUT2D eigenvalue weighted by Gasteiger charge is 2.14. The summed E-state index contributed by atoms with van der Waals surface area (Å²) in [5, 5.41) is 8.42. The predicted molar refractivity (Wildman–Crippen MR) is 32.0 cm³/mol. The second-order valence-electron chi connectivity index (χ2n) is 2.04. The molecule has 0 saturated carbocycles. The van der Waals surface area contributed by atoms with Gasteiger partial charge in [0, 0.05) is 13.0 Å². The molecule has 54 valence electrons. The minimum absolute atomic E-state index is 0.0443. The van der Waals surface area contributed by atoms with Crippen LogP contribution in [0.1, 0.15) is 12.8 Å². The molecule has 0 aromatic carbocycles.